The maximum absolute atomic E-state index is 5.70. The lowest BCUT2D eigenvalue weighted by molar-refractivity contribution is 0.561. The van der Waals surface area contributed by atoms with Gasteiger partial charge in [0, 0.05) is 6.54 Å². The number of rotatable bonds is 2. The molecule has 0 aromatic carbocycles. The van der Waals surface area contributed by atoms with E-state index in [0.717, 1.165) is 19.5 Å². The fourth-order valence-corrected chi connectivity index (χ4v) is 1.67. The molecule has 1 fully saturated rings. The smallest absolute Gasteiger partial charge is 0.223 e. The van der Waals surface area contributed by atoms with Gasteiger partial charge in [0.25, 0.3) is 0 Å². The van der Waals surface area contributed by atoms with Gasteiger partial charge in [-0.15, -0.1) is 0 Å². The van der Waals surface area contributed by atoms with Crippen molar-refractivity contribution < 1.29 is 0 Å². The average Bonchev–Trinajstić information content (AvgIpc) is 2.57. The van der Waals surface area contributed by atoms with Crippen LogP contribution in [0.15, 0.2) is 12.4 Å². The molecule has 84 valence electrons. The fourth-order valence-electron chi connectivity index (χ4n) is 1.57. The molecule has 0 unspecified atom stereocenters. The Morgan fingerprint density at radius 3 is 2.67 bits per heavy atom. The zero-order chi connectivity index (χ0) is 10.0. The lowest BCUT2D eigenvalue weighted by Gasteiger charge is -2.24. The zero-order valence-electron chi connectivity index (χ0n) is 8.55. The van der Waals surface area contributed by atoms with E-state index in [1.165, 1.54) is 0 Å². The summed E-state index contributed by atoms with van der Waals surface area (Å²) in [6, 6.07) is 0. The topological polar surface area (TPSA) is 49.8 Å². The molecule has 1 aliphatic rings. The SMILES string of the molecule is C[C@]1(Nc2ncc(Cl)cn2)CCNC1.S. The molecule has 1 aliphatic heterocycles. The van der Waals surface area contributed by atoms with Crippen LogP contribution < -0.4 is 10.6 Å². The molecule has 0 saturated carbocycles. The summed E-state index contributed by atoms with van der Waals surface area (Å²) in [7, 11) is 0. The van der Waals surface area contributed by atoms with Crippen molar-refractivity contribution in [3.05, 3.63) is 17.4 Å². The quantitative estimate of drug-likeness (QED) is 0.829. The van der Waals surface area contributed by atoms with Gasteiger partial charge in [0.2, 0.25) is 5.95 Å². The third-order valence-corrected chi connectivity index (χ3v) is 2.60. The van der Waals surface area contributed by atoms with Gasteiger partial charge in [-0.1, -0.05) is 11.6 Å². The molecule has 0 aliphatic carbocycles. The van der Waals surface area contributed by atoms with Crippen LogP contribution in [-0.4, -0.2) is 28.6 Å². The molecule has 2 rings (SSSR count). The molecule has 4 nitrogen and oxygen atoms in total. The minimum absolute atomic E-state index is 0. The van der Waals surface area contributed by atoms with Crippen molar-refractivity contribution in [3.63, 3.8) is 0 Å². The Labute approximate surface area is 101 Å². The van der Waals surface area contributed by atoms with Crippen molar-refractivity contribution >= 4 is 31.0 Å². The molecule has 6 heteroatoms. The number of hydrogen-bond acceptors (Lipinski definition) is 4. The fraction of sp³-hybridized carbons (Fsp3) is 0.556. The second kappa shape index (κ2) is 5.01. The second-order valence-electron chi connectivity index (χ2n) is 3.84. The van der Waals surface area contributed by atoms with Crippen LogP contribution in [0, 0.1) is 0 Å². The Kier molecular flexibility index (Phi) is 4.19. The minimum Gasteiger partial charge on any atom is -0.348 e. The molecule has 1 aromatic rings. The molecular formula is C9H15ClN4S. The summed E-state index contributed by atoms with van der Waals surface area (Å²) in [6.45, 7) is 4.14. The molecule has 0 spiro atoms. The summed E-state index contributed by atoms with van der Waals surface area (Å²) in [5.74, 6) is 0.639. The van der Waals surface area contributed by atoms with Gasteiger partial charge in [0.05, 0.1) is 23.0 Å². The van der Waals surface area contributed by atoms with Crippen molar-refractivity contribution in [1.82, 2.24) is 15.3 Å². The van der Waals surface area contributed by atoms with Crippen LogP contribution in [0.3, 0.4) is 0 Å². The van der Waals surface area contributed by atoms with Gasteiger partial charge < -0.3 is 10.6 Å². The third kappa shape index (κ3) is 3.22. The van der Waals surface area contributed by atoms with Crippen LogP contribution in [0.2, 0.25) is 5.02 Å². The van der Waals surface area contributed by atoms with Gasteiger partial charge in [-0.25, -0.2) is 9.97 Å². The molecule has 15 heavy (non-hydrogen) atoms. The number of aromatic nitrogens is 2. The maximum Gasteiger partial charge on any atom is 0.223 e. The van der Waals surface area contributed by atoms with Crippen molar-refractivity contribution in [1.29, 1.82) is 0 Å². The van der Waals surface area contributed by atoms with Crippen LogP contribution in [0.25, 0.3) is 0 Å². The van der Waals surface area contributed by atoms with Crippen LogP contribution in [0.1, 0.15) is 13.3 Å². The Morgan fingerprint density at radius 2 is 2.13 bits per heavy atom. The summed E-state index contributed by atoms with van der Waals surface area (Å²) in [6.07, 6.45) is 4.28. The van der Waals surface area contributed by atoms with Crippen molar-refractivity contribution in [2.75, 3.05) is 18.4 Å². The second-order valence-corrected chi connectivity index (χ2v) is 4.27. The van der Waals surface area contributed by atoms with E-state index in [2.05, 4.69) is 27.5 Å². The molecular weight excluding hydrogens is 232 g/mol. The first-order valence-corrected chi connectivity index (χ1v) is 5.02. The minimum atomic E-state index is 0. The molecule has 0 bridgehead atoms. The molecule has 1 atom stereocenters. The van der Waals surface area contributed by atoms with E-state index in [1.54, 1.807) is 12.4 Å². The van der Waals surface area contributed by atoms with E-state index in [1.807, 2.05) is 0 Å². The zero-order valence-corrected chi connectivity index (χ0v) is 10.3. The first-order chi connectivity index (χ1) is 6.68. The molecule has 1 saturated heterocycles. The first kappa shape index (κ1) is 12.5. The lowest BCUT2D eigenvalue weighted by Crippen LogP contribution is -2.37. The monoisotopic (exact) mass is 246 g/mol. The van der Waals surface area contributed by atoms with Crippen LogP contribution in [-0.2, 0) is 0 Å². The number of nitrogens with zero attached hydrogens (tertiary/aromatic N) is 2. The van der Waals surface area contributed by atoms with Gasteiger partial charge >= 0.3 is 0 Å². The summed E-state index contributed by atoms with van der Waals surface area (Å²) in [4.78, 5) is 8.21. The van der Waals surface area contributed by atoms with Gasteiger partial charge in [-0.3, -0.25) is 0 Å². The molecule has 1 aromatic heterocycles. The maximum atomic E-state index is 5.70. The Morgan fingerprint density at radius 1 is 1.47 bits per heavy atom. The predicted molar refractivity (Wildman–Crippen MR) is 66.9 cm³/mol. The summed E-state index contributed by atoms with van der Waals surface area (Å²) in [5.41, 5.74) is 0.0633. The standard InChI is InChI=1S/C9H13ClN4.H2S/c1-9(2-3-11-6-9)14-8-12-4-7(10)5-13-8;/h4-5,11H,2-3,6H2,1H3,(H,12,13,14);1H2/t9-;/m0./s1. The highest BCUT2D eigenvalue weighted by Gasteiger charge is 2.28. The Balaban J connectivity index is 0.00000112. The van der Waals surface area contributed by atoms with Gasteiger partial charge in [-0.2, -0.15) is 13.5 Å². The van der Waals surface area contributed by atoms with Crippen molar-refractivity contribution in [2.45, 2.75) is 18.9 Å². The highest BCUT2D eigenvalue weighted by Crippen LogP contribution is 2.18. The van der Waals surface area contributed by atoms with E-state index < -0.39 is 0 Å². The van der Waals surface area contributed by atoms with E-state index in [4.69, 9.17) is 11.6 Å². The van der Waals surface area contributed by atoms with Crippen molar-refractivity contribution in [2.24, 2.45) is 0 Å². The van der Waals surface area contributed by atoms with Crippen LogP contribution >= 0.6 is 25.1 Å². The predicted octanol–water partition coefficient (Wildman–Crippen LogP) is 1.41. The Bertz CT molecular complexity index is 310. The molecule has 0 amide bonds. The first-order valence-electron chi connectivity index (χ1n) is 4.64. The van der Waals surface area contributed by atoms with Crippen LogP contribution in [0.5, 0.6) is 0 Å². The Hall–Kier alpha value is -0.520. The summed E-state index contributed by atoms with van der Waals surface area (Å²) in [5, 5.41) is 7.16. The van der Waals surface area contributed by atoms with E-state index in [0.29, 0.717) is 11.0 Å². The molecule has 2 heterocycles. The highest BCUT2D eigenvalue weighted by atomic mass is 35.5. The number of halogens is 1. The summed E-state index contributed by atoms with van der Waals surface area (Å²) >= 11 is 5.70. The van der Waals surface area contributed by atoms with Gasteiger partial charge in [0.15, 0.2) is 0 Å². The van der Waals surface area contributed by atoms with E-state index >= 15 is 0 Å². The summed E-state index contributed by atoms with van der Waals surface area (Å²) < 4.78 is 0. The normalized spacial score (nSPS) is 24.7. The van der Waals surface area contributed by atoms with Gasteiger partial charge in [0.1, 0.15) is 0 Å². The number of anilines is 1. The molecule has 0 radical (unpaired) electrons. The third-order valence-electron chi connectivity index (χ3n) is 2.40. The van der Waals surface area contributed by atoms with E-state index in [-0.39, 0.29) is 19.0 Å². The van der Waals surface area contributed by atoms with E-state index in [9.17, 15) is 0 Å². The number of nitrogens with one attached hydrogen (secondary N) is 2. The van der Waals surface area contributed by atoms with Crippen LogP contribution in [0.4, 0.5) is 5.95 Å². The lowest BCUT2D eigenvalue weighted by atomic mass is 10.0. The van der Waals surface area contributed by atoms with Gasteiger partial charge in [-0.05, 0) is 19.9 Å². The highest BCUT2D eigenvalue weighted by molar-refractivity contribution is 7.59. The average molecular weight is 247 g/mol. The largest absolute Gasteiger partial charge is 0.348 e. The molecule has 2 N–H and O–H groups in total. The number of hydrogen-bond donors (Lipinski definition) is 2. The van der Waals surface area contributed by atoms with Crippen molar-refractivity contribution in [3.8, 4) is 0 Å².